The van der Waals surface area contributed by atoms with Crippen molar-refractivity contribution in [1.29, 1.82) is 0 Å². The number of aromatic nitrogens is 2. The number of halogens is 3. The minimum Gasteiger partial charge on any atom is -0.495 e. The third-order valence-electron chi connectivity index (χ3n) is 14.0. The topological polar surface area (TPSA) is 145 Å². The number of thiazole rings is 1. The van der Waals surface area contributed by atoms with Crippen molar-refractivity contribution in [3.8, 4) is 22.9 Å². The molecule has 2 aliphatic heterocycles. The summed E-state index contributed by atoms with van der Waals surface area (Å²) in [6.07, 6.45) is 7.52. The summed E-state index contributed by atoms with van der Waals surface area (Å²) in [6, 6.07) is 7.56. The number of methoxy groups -OCH3 is 1. The van der Waals surface area contributed by atoms with Gasteiger partial charge in [-0.2, -0.15) is 0 Å². The molecule has 1 amide bonds. The smallest absolute Gasteiger partial charge is 0.306 e. The van der Waals surface area contributed by atoms with Gasteiger partial charge in [0.25, 0.3) is 0 Å². The third-order valence-corrected chi connectivity index (χ3v) is 18.0. The van der Waals surface area contributed by atoms with E-state index in [-0.39, 0.29) is 55.2 Å². The molecule has 0 spiro atoms. The fourth-order valence-electron chi connectivity index (χ4n) is 10.4. The van der Waals surface area contributed by atoms with Crippen molar-refractivity contribution in [2.75, 3.05) is 13.7 Å². The van der Waals surface area contributed by atoms with Gasteiger partial charge in [-0.05, 0) is 81.0 Å². The van der Waals surface area contributed by atoms with Crippen molar-refractivity contribution >= 4 is 58.9 Å². The van der Waals surface area contributed by atoms with Crippen molar-refractivity contribution in [2.45, 2.75) is 146 Å². The van der Waals surface area contributed by atoms with Crippen molar-refractivity contribution in [3.63, 3.8) is 0 Å². The highest BCUT2D eigenvalue weighted by Crippen LogP contribution is 2.75. The van der Waals surface area contributed by atoms with Crippen molar-refractivity contribution in [1.82, 2.24) is 14.9 Å². The van der Waals surface area contributed by atoms with Gasteiger partial charge in [0.05, 0.1) is 59.3 Å². The van der Waals surface area contributed by atoms with E-state index in [4.69, 9.17) is 35.8 Å². The normalized spacial score (nSPS) is 25.4. The second-order valence-electron chi connectivity index (χ2n) is 19.0. The van der Waals surface area contributed by atoms with Crippen LogP contribution in [0.2, 0.25) is 5.02 Å². The lowest BCUT2D eigenvalue weighted by molar-refractivity contribution is -0.154. The molecule has 2 aromatic carbocycles. The van der Waals surface area contributed by atoms with E-state index in [2.05, 4.69) is 13.8 Å². The number of carbonyl (C=O) groups excluding carboxylic acids is 3. The zero-order chi connectivity index (χ0) is 46.0. The number of nitrogens with zero attached hydrogens (tertiary/aromatic N) is 3. The molecule has 8 rings (SSSR count). The fourth-order valence-corrected chi connectivity index (χ4v) is 14.3. The molecule has 4 aliphatic rings. The second kappa shape index (κ2) is 20.1. The molecule has 4 heterocycles. The number of carbonyl (C=O) groups is 3. The van der Waals surface area contributed by atoms with Gasteiger partial charge in [-0.15, -0.1) is 11.3 Å². The van der Waals surface area contributed by atoms with E-state index >= 15 is 8.78 Å². The van der Waals surface area contributed by atoms with Gasteiger partial charge in [-0.25, -0.2) is 18.7 Å². The number of pyridine rings is 1. The summed E-state index contributed by atoms with van der Waals surface area (Å²) in [6.45, 7) is 4.25. The Hall–Kier alpha value is -3.97. The molecule has 2 saturated heterocycles. The molecule has 1 unspecified atom stereocenters. The number of rotatable bonds is 12. The molecule has 350 valence electrons. The lowest BCUT2D eigenvalue weighted by Gasteiger charge is -2.30. The number of ether oxygens (including phenoxy) is 3. The Morgan fingerprint density at radius 3 is 2.40 bits per heavy atom. The van der Waals surface area contributed by atoms with Gasteiger partial charge in [-0.1, -0.05) is 63.6 Å². The number of Topliss-reactive ketones (excluding diaryl/α,β-unsaturated/α-hetero) is 1. The molecule has 2 saturated carbocycles. The SMILES string of the molecule is COc1ccc2c(O[C@@H]3C[C@H]4C(=O)C[C@]5(P(=O)(O)Cc6c(F)cccc6F)C[C@H]5CCCCCCC[C@H](CC(=O)OC5CCCC5)C(=O)N4C3)cc(-c3csc(CC(C)C)n3)nc2c1Cl. The van der Waals surface area contributed by atoms with Crippen LogP contribution in [0.3, 0.4) is 0 Å². The Morgan fingerprint density at radius 1 is 0.969 bits per heavy atom. The zero-order valence-electron chi connectivity index (χ0n) is 37.4. The number of amides is 1. The molecular formula is C49H59ClF2N3O8PS. The third kappa shape index (κ3) is 10.5. The molecular weight excluding hydrogens is 895 g/mol. The van der Waals surface area contributed by atoms with Gasteiger partial charge in [0.15, 0.2) is 5.78 Å². The molecule has 4 aromatic rings. The van der Waals surface area contributed by atoms with Crippen LogP contribution in [0, 0.1) is 29.4 Å². The molecule has 1 N–H and O–H groups in total. The number of ketones is 1. The second-order valence-corrected chi connectivity index (χ2v) is 23.0. The highest BCUT2D eigenvalue weighted by molar-refractivity contribution is 7.59. The van der Waals surface area contributed by atoms with Crippen LogP contribution in [0.1, 0.15) is 121 Å². The summed E-state index contributed by atoms with van der Waals surface area (Å²) >= 11 is 8.43. The van der Waals surface area contributed by atoms with E-state index < -0.39 is 65.7 Å². The van der Waals surface area contributed by atoms with Crippen LogP contribution in [0.25, 0.3) is 22.3 Å². The molecule has 16 heteroatoms. The lowest BCUT2D eigenvalue weighted by Crippen LogP contribution is -2.45. The van der Waals surface area contributed by atoms with E-state index in [0.717, 1.165) is 74.9 Å². The Labute approximate surface area is 388 Å². The van der Waals surface area contributed by atoms with E-state index in [9.17, 15) is 23.8 Å². The summed E-state index contributed by atoms with van der Waals surface area (Å²) < 4.78 is 62.8. The number of hydrogen-bond donors (Lipinski definition) is 1. The van der Waals surface area contributed by atoms with Gasteiger partial charge < -0.3 is 24.0 Å². The van der Waals surface area contributed by atoms with Gasteiger partial charge >= 0.3 is 5.97 Å². The molecule has 2 aromatic heterocycles. The molecule has 6 atom stereocenters. The predicted octanol–water partition coefficient (Wildman–Crippen LogP) is 11.3. The highest BCUT2D eigenvalue weighted by Gasteiger charge is 2.66. The molecule has 0 radical (unpaired) electrons. The molecule has 11 nitrogen and oxygen atoms in total. The summed E-state index contributed by atoms with van der Waals surface area (Å²) in [5.74, 6) is -2.93. The maximum Gasteiger partial charge on any atom is 0.306 e. The van der Waals surface area contributed by atoms with Gasteiger partial charge in [-0.3, -0.25) is 18.9 Å². The van der Waals surface area contributed by atoms with E-state index in [1.54, 1.807) is 18.2 Å². The van der Waals surface area contributed by atoms with Crippen LogP contribution < -0.4 is 9.47 Å². The van der Waals surface area contributed by atoms with Crippen LogP contribution in [-0.2, 0) is 36.3 Å². The summed E-state index contributed by atoms with van der Waals surface area (Å²) in [5.41, 5.74) is 1.10. The van der Waals surface area contributed by atoms with E-state index in [1.165, 1.54) is 29.4 Å². The summed E-state index contributed by atoms with van der Waals surface area (Å²) in [4.78, 5) is 66.6. The maximum absolute atomic E-state index is 15.0. The highest BCUT2D eigenvalue weighted by atomic mass is 35.5. The first-order valence-electron chi connectivity index (χ1n) is 23.2. The van der Waals surface area contributed by atoms with Crippen LogP contribution in [0.5, 0.6) is 11.5 Å². The monoisotopic (exact) mass is 953 g/mol. The fraction of sp³-hybridized carbons (Fsp3) is 0.571. The van der Waals surface area contributed by atoms with Crippen molar-refractivity contribution in [2.24, 2.45) is 17.8 Å². The van der Waals surface area contributed by atoms with Crippen LogP contribution in [-0.4, -0.2) is 74.5 Å². The van der Waals surface area contributed by atoms with Gasteiger partial charge in [0.2, 0.25) is 13.3 Å². The first-order valence-corrected chi connectivity index (χ1v) is 26.3. The zero-order valence-corrected chi connectivity index (χ0v) is 39.8. The summed E-state index contributed by atoms with van der Waals surface area (Å²) in [5, 5.41) is 2.34. The standard InChI is InChI=1S/C49H59ClF2N3O8PS/c1-29(2)20-44-53-39(28-65-44)38-23-43(34-18-19-42(61-3)46(50)47(34)54-38)62-33-22-40-41(56)25-49(64(59,60)27-35-36(51)16-11-17-37(35)52)24-31(49)13-8-6-4-5-7-12-30(48(58)55(40)26-33)21-45(57)63-32-14-9-10-15-32/h11,16-19,23,28-33,40H,4-10,12-15,20-22,24-27H2,1-3H3,(H,59,60)/t30-,31-,33-,40+,49-/m1/s1. The van der Waals surface area contributed by atoms with E-state index in [1.807, 2.05) is 5.38 Å². The molecule has 0 bridgehead atoms. The Kier molecular flexibility index (Phi) is 14.7. The predicted molar refractivity (Wildman–Crippen MR) is 247 cm³/mol. The van der Waals surface area contributed by atoms with Gasteiger partial charge in [0.1, 0.15) is 40.4 Å². The number of fused-ring (bicyclic) bond motifs is 3. The quantitative estimate of drug-likeness (QED) is 0.108. The van der Waals surface area contributed by atoms with Crippen molar-refractivity contribution < 1.29 is 46.8 Å². The van der Waals surface area contributed by atoms with Crippen LogP contribution >= 0.6 is 30.3 Å². The van der Waals surface area contributed by atoms with Crippen LogP contribution in [0.15, 0.2) is 41.8 Å². The summed E-state index contributed by atoms with van der Waals surface area (Å²) in [7, 11) is -2.91. The Morgan fingerprint density at radius 2 is 1.68 bits per heavy atom. The lowest BCUT2D eigenvalue weighted by atomic mass is 9.94. The number of hydrogen-bond acceptors (Lipinski definition) is 10. The minimum atomic E-state index is -4.43. The molecule has 65 heavy (non-hydrogen) atoms. The van der Waals surface area contributed by atoms with Crippen molar-refractivity contribution in [3.05, 3.63) is 69.0 Å². The Balaban J connectivity index is 1.14. The molecule has 4 fully saturated rings. The van der Waals surface area contributed by atoms with Gasteiger partial charge in [0, 0.05) is 47.6 Å². The number of benzene rings is 2. The largest absolute Gasteiger partial charge is 0.495 e. The maximum atomic E-state index is 15.0. The first kappa shape index (κ1) is 47.5. The average Bonchev–Trinajstić information content (AvgIpc) is 3.68. The average molecular weight is 955 g/mol. The number of esters is 1. The van der Waals surface area contributed by atoms with E-state index in [0.29, 0.717) is 59.0 Å². The van der Waals surface area contributed by atoms with Crippen LogP contribution in [0.4, 0.5) is 8.78 Å². The minimum absolute atomic E-state index is 0.00462. The Bertz CT molecular complexity index is 2440. The first-order chi connectivity index (χ1) is 31.2. The molecule has 2 aliphatic carbocycles.